The van der Waals surface area contributed by atoms with Crippen molar-refractivity contribution < 1.29 is 9.90 Å². The lowest BCUT2D eigenvalue weighted by molar-refractivity contribution is -0.141. The Balaban J connectivity index is 2.64. The van der Waals surface area contributed by atoms with Crippen LogP contribution in [0, 0.1) is 5.92 Å². The molecule has 0 aliphatic rings. The Labute approximate surface area is 82.8 Å². The monoisotopic (exact) mass is 194 g/mol. The zero-order valence-corrected chi connectivity index (χ0v) is 8.10. The van der Waals surface area contributed by atoms with Crippen LogP contribution in [0.3, 0.4) is 0 Å². The number of hydrogen-bond donors (Lipinski definition) is 2. The number of hydrogen-bond acceptors (Lipinski definition) is 3. The largest absolute Gasteiger partial charge is 0.481 e. The van der Waals surface area contributed by atoms with Gasteiger partial charge in [-0.25, -0.2) is 0 Å². The Morgan fingerprint density at radius 2 is 2.36 bits per heavy atom. The molecule has 0 radical (unpaired) electrons. The van der Waals surface area contributed by atoms with E-state index in [9.17, 15) is 4.79 Å². The van der Waals surface area contributed by atoms with Crippen molar-refractivity contribution in [2.75, 3.05) is 0 Å². The van der Waals surface area contributed by atoms with Crippen LogP contribution in [-0.2, 0) is 17.8 Å². The zero-order chi connectivity index (χ0) is 10.6. The molecule has 0 saturated carbocycles. The molecule has 14 heavy (non-hydrogen) atoms. The summed E-state index contributed by atoms with van der Waals surface area (Å²) in [6, 6.07) is 3.69. The van der Waals surface area contributed by atoms with Gasteiger partial charge in [-0.1, -0.05) is 13.0 Å². The van der Waals surface area contributed by atoms with E-state index in [1.165, 1.54) is 0 Å². The summed E-state index contributed by atoms with van der Waals surface area (Å²) >= 11 is 0. The van der Waals surface area contributed by atoms with Crippen molar-refractivity contribution in [2.45, 2.75) is 19.9 Å². The van der Waals surface area contributed by atoms with Crippen molar-refractivity contribution in [1.29, 1.82) is 0 Å². The minimum atomic E-state index is -0.797. The van der Waals surface area contributed by atoms with Crippen LogP contribution in [-0.4, -0.2) is 16.1 Å². The van der Waals surface area contributed by atoms with Crippen LogP contribution in [0.2, 0.25) is 0 Å². The standard InChI is InChI=1S/C10H14N2O2/c1-7(10(13)14)4-9-3-2-8(5-11)6-12-9/h2-3,6-7H,4-5,11H2,1H3,(H,13,14)/t7-/m0/s1. The van der Waals surface area contributed by atoms with Gasteiger partial charge in [-0.05, 0) is 11.6 Å². The highest BCUT2D eigenvalue weighted by Crippen LogP contribution is 2.07. The molecule has 0 amide bonds. The molecular formula is C10H14N2O2. The lowest BCUT2D eigenvalue weighted by Gasteiger charge is -2.05. The van der Waals surface area contributed by atoms with Crippen molar-refractivity contribution in [3.63, 3.8) is 0 Å². The van der Waals surface area contributed by atoms with E-state index in [2.05, 4.69) is 4.98 Å². The number of aromatic nitrogens is 1. The molecule has 76 valence electrons. The van der Waals surface area contributed by atoms with E-state index >= 15 is 0 Å². The maximum Gasteiger partial charge on any atom is 0.306 e. The molecule has 1 atom stereocenters. The third-order valence-electron chi connectivity index (χ3n) is 2.06. The fourth-order valence-corrected chi connectivity index (χ4v) is 1.10. The molecule has 0 aromatic carbocycles. The molecule has 1 rings (SSSR count). The molecule has 4 heteroatoms. The van der Waals surface area contributed by atoms with Gasteiger partial charge in [-0.2, -0.15) is 0 Å². The number of pyridine rings is 1. The van der Waals surface area contributed by atoms with Gasteiger partial charge in [-0.15, -0.1) is 0 Å². The van der Waals surface area contributed by atoms with E-state index < -0.39 is 11.9 Å². The van der Waals surface area contributed by atoms with Crippen molar-refractivity contribution >= 4 is 5.97 Å². The maximum absolute atomic E-state index is 10.6. The topological polar surface area (TPSA) is 76.2 Å². The molecule has 0 bridgehead atoms. The fraction of sp³-hybridized carbons (Fsp3) is 0.400. The molecule has 1 aromatic rings. The Morgan fingerprint density at radius 1 is 1.64 bits per heavy atom. The summed E-state index contributed by atoms with van der Waals surface area (Å²) in [5, 5.41) is 8.70. The van der Waals surface area contributed by atoms with Crippen molar-refractivity contribution in [3.8, 4) is 0 Å². The first-order valence-corrected chi connectivity index (χ1v) is 4.50. The summed E-state index contributed by atoms with van der Waals surface area (Å²) < 4.78 is 0. The first kappa shape index (κ1) is 10.7. The average Bonchev–Trinajstić information content (AvgIpc) is 2.19. The first-order valence-electron chi connectivity index (χ1n) is 4.50. The maximum atomic E-state index is 10.6. The Morgan fingerprint density at radius 3 is 2.79 bits per heavy atom. The van der Waals surface area contributed by atoms with Gasteiger partial charge < -0.3 is 10.8 Å². The summed E-state index contributed by atoms with van der Waals surface area (Å²) in [7, 11) is 0. The summed E-state index contributed by atoms with van der Waals surface area (Å²) in [6.45, 7) is 2.13. The van der Waals surface area contributed by atoms with Crippen LogP contribution in [0.4, 0.5) is 0 Å². The Bertz CT molecular complexity index is 308. The molecule has 1 heterocycles. The fourth-order valence-electron chi connectivity index (χ4n) is 1.10. The highest BCUT2D eigenvalue weighted by Gasteiger charge is 2.11. The zero-order valence-electron chi connectivity index (χ0n) is 8.10. The summed E-state index contributed by atoms with van der Waals surface area (Å²) in [5.41, 5.74) is 7.16. The van der Waals surface area contributed by atoms with E-state index in [1.54, 1.807) is 13.1 Å². The van der Waals surface area contributed by atoms with Crippen LogP contribution in [0.1, 0.15) is 18.2 Å². The SMILES string of the molecule is C[C@@H](Cc1ccc(CN)cn1)C(=O)O. The number of nitrogens with two attached hydrogens (primary N) is 1. The second-order valence-corrected chi connectivity index (χ2v) is 3.31. The van der Waals surface area contributed by atoms with Gasteiger partial charge in [0.1, 0.15) is 0 Å². The minimum Gasteiger partial charge on any atom is -0.481 e. The first-order chi connectivity index (χ1) is 6.63. The van der Waals surface area contributed by atoms with Gasteiger partial charge in [0, 0.05) is 24.9 Å². The van der Waals surface area contributed by atoms with Crippen LogP contribution < -0.4 is 5.73 Å². The van der Waals surface area contributed by atoms with Gasteiger partial charge >= 0.3 is 5.97 Å². The second-order valence-electron chi connectivity index (χ2n) is 3.31. The smallest absolute Gasteiger partial charge is 0.306 e. The van der Waals surface area contributed by atoms with E-state index in [0.717, 1.165) is 11.3 Å². The third-order valence-corrected chi connectivity index (χ3v) is 2.06. The van der Waals surface area contributed by atoms with Gasteiger partial charge in [0.2, 0.25) is 0 Å². The lowest BCUT2D eigenvalue weighted by atomic mass is 10.1. The van der Waals surface area contributed by atoms with Crippen LogP contribution in [0.25, 0.3) is 0 Å². The van der Waals surface area contributed by atoms with E-state index in [4.69, 9.17) is 10.8 Å². The third kappa shape index (κ3) is 2.81. The van der Waals surface area contributed by atoms with Crippen molar-refractivity contribution in [3.05, 3.63) is 29.6 Å². The molecule has 0 fully saturated rings. The Hall–Kier alpha value is -1.42. The number of aliphatic carboxylic acids is 1. The normalized spacial score (nSPS) is 12.4. The van der Waals surface area contributed by atoms with Gasteiger partial charge in [0.25, 0.3) is 0 Å². The lowest BCUT2D eigenvalue weighted by Crippen LogP contribution is -2.13. The van der Waals surface area contributed by atoms with E-state index in [-0.39, 0.29) is 0 Å². The van der Waals surface area contributed by atoms with Gasteiger partial charge in [-0.3, -0.25) is 9.78 Å². The summed E-state index contributed by atoms with van der Waals surface area (Å²) in [4.78, 5) is 14.7. The molecule has 3 N–H and O–H groups in total. The highest BCUT2D eigenvalue weighted by molar-refractivity contribution is 5.69. The number of carbonyl (C=O) groups is 1. The van der Waals surface area contributed by atoms with Crippen molar-refractivity contribution in [1.82, 2.24) is 4.98 Å². The predicted octanol–water partition coefficient (Wildman–Crippen LogP) is 0.803. The molecule has 0 aliphatic heterocycles. The van der Waals surface area contributed by atoms with Crippen LogP contribution >= 0.6 is 0 Å². The molecule has 0 saturated heterocycles. The number of carboxylic acids is 1. The van der Waals surface area contributed by atoms with Crippen molar-refractivity contribution in [2.24, 2.45) is 11.7 Å². The minimum absolute atomic E-state index is 0.397. The predicted molar refractivity (Wildman–Crippen MR) is 52.6 cm³/mol. The van der Waals surface area contributed by atoms with Gasteiger partial charge in [0.15, 0.2) is 0 Å². The molecule has 0 spiro atoms. The molecule has 1 aromatic heterocycles. The Kier molecular flexibility index (Phi) is 3.59. The van der Waals surface area contributed by atoms with Gasteiger partial charge in [0.05, 0.1) is 5.92 Å². The van der Waals surface area contributed by atoms with E-state index in [0.29, 0.717) is 13.0 Å². The number of nitrogens with zero attached hydrogens (tertiary/aromatic N) is 1. The second kappa shape index (κ2) is 4.72. The van der Waals surface area contributed by atoms with Crippen LogP contribution in [0.5, 0.6) is 0 Å². The summed E-state index contributed by atoms with van der Waals surface area (Å²) in [5.74, 6) is -1.19. The quantitative estimate of drug-likeness (QED) is 0.743. The highest BCUT2D eigenvalue weighted by atomic mass is 16.4. The van der Waals surface area contributed by atoms with E-state index in [1.807, 2.05) is 12.1 Å². The molecule has 0 unspecified atom stereocenters. The number of rotatable bonds is 4. The molecular weight excluding hydrogens is 180 g/mol. The van der Waals surface area contributed by atoms with Crippen LogP contribution in [0.15, 0.2) is 18.3 Å². The number of carboxylic acid groups (broad SMARTS) is 1. The molecule has 0 aliphatic carbocycles. The summed E-state index contributed by atoms with van der Waals surface area (Å²) in [6.07, 6.45) is 2.14. The molecule has 4 nitrogen and oxygen atoms in total. The average molecular weight is 194 g/mol.